The molecule has 0 aromatic heterocycles. The van der Waals surface area contributed by atoms with Gasteiger partial charge in [-0.3, -0.25) is 4.99 Å². The minimum atomic E-state index is 0.713. The Hall–Kier alpha value is -2.29. The molecule has 0 unspecified atom stereocenters. The van der Waals surface area contributed by atoms with Gasteiger partial charge in [0.1, 0.15) is 0 Å². The van der Waals surface area contributed by atoms with Gasteiger partial charge in [0.2, 0.25) is 0 Å². The Morgan fingerprint density at radius 2 is 1.56 bits per heavy atom. The van der Waals surface area contributed by atoms with Crippen LogP contribution in [0.3, 0.4) is 0 Å². The molecular weight excluding hydrogens is 222 g/mol. The summed E-state index contributed by atoms with van der Waals surface area (Å²) < 4.78 is 0. The first kappa shape index (κ1) is 12.2. The van der Waals surface area contributed by atoms with E-state index >= 15 is 0 Å². The third-order valence-corrected chi connectivity index (χ3v) is 2.44. The highest BCUT2D eigenvalue weighted by Crippen LogP contribution is 2.05. The summed E-state index contributed by atoms with van der Waals surface area (Å²) in [6, 6.07) is 20.0. The SMILES string of the molecule is C/N=C(\N[CH]c1ccccc1)Nc1ccccc1. The van der Waals surface area contributed by atoms with Crippen LogP contribution in [0.4, 0.5) is 5.69 Å². The molecule has 0 saturated heterocycles. The minimum Gasteiger partial charge on any atom is -0.347 e. The molecule has 0 atom stereocenters. The second kappa shape index (κ2) is 6.45. The van der Waals surface area contributed by atoms with Gasteiger partial charge < -0.3 is 10.6 Å². The van der Waals surface area contributed by atoms with Gasteiger partial charge in [-0.1, -0.05) is 48.5 Å². The van der Waals surface area contributed by atoms with Gasteiger partial charge in [-0.15, -0.1) is 0 Å². The Labute approximate surface area is 108 Å². The van der Waals surface area contributed by atoms with Crippen molar-refractivity contribution in [3.05, 3.63) is 72.8 Å². The first-order valence-electron chi connectivity index (χ1n) is 5.82. The summed E-state index contributed by atoms with van der Waals surface area (Å²) in [5.74, 6) is 0.713. The zero-order valence-electron chi connectivity index (χ0n) is 10.3. The van der Waals surface area contributed by atoms with Crippen molar-refractivity contribution in [2.45, 2.75) is 0 Å². The van der Waals surface area contributed by atoms with Crippen molar-refractivity contribution in [3.63, 3.8) is 0 Å². The van der Waals surface area contributed by atoms with E-state index in [0.717, 1.165) is 11.3 Å². The van der Waals surface area contributed by atoms with Crippen molar-refractivity contribution in [3.8, 4) is 0 Å². The van der Waals surface area contributed by atoms with Crippen molar-refractivity contribution in [1.82, 2.24) is 5.32 Å². The summed E-state index contributed by atoms with van der Waals surface area (Å²) in [7, 11) is 1.75. The number of benzene rings is 2. The largest absolute Gasteiger partial charge is 0.347 e. The first-order valence-corrected chi connectivity index (χ1v) is 5.82. The summed E-state index contributed by atoms with van der Waals surface area (Å²) in [6.07, 6.45) is 0. The van der Waals surface area contributed by atoms with E-state index in [2.05, 4.69) is 15.6 Å². The van der Waals surface area contributed by atoms with Crippen LogP contribution in [0.5, 0.6) is 0 Å². The summed E-state index contributed by atoms with van der Waals surface area (Å²) >= 11 is 0. The monoisotopic (exact) mass is 238 g/mol. The van der Waals surface area contributed by atoms with Crippen LogP contribution in [0.15, 0.2) is 65.7 Å². The molecular formula is C15H16N3. The molecule has 0 aliphatic heterocycles. The second-order valence-electron chi connectivity index (χ2n) is 3.76. The lowest BCUT2D eigenvalue weighted by molar-refractivity contribution is 1.12. The Kier molecular flexibility index (Phi) is 4.36. The number of rotatable bonds is 3. The number of aliphatic imine (C=N–C) groups is 1. The van der Waals surface area contributed by atoms with E-state index < -0.39 is 0 Å². The van der Waals surface area contributed by atoms with Crippen LogP contribution in [-0.4, -0.2) is 13.0 Å². The lowest BCUT2D eigenvalue weighted by Crippen LogP contribution is -2.28. The van der Waals surface area contributed by atoms with Gasteiger partial charge in [-0.2, -0.15) is 0 Å². The average Bonchev–Trinajstić information content (AvgIpc) is 2.45. The molecule has 3 nitrogen and oxygen atoms in total. The minimum absolute atomic E-state index is 0.713. The van der Waals surface area contributed by atoms with E-state index in [0.29, 0.717) is 5.96 Å². The van der Waals surface area contributed by atoms with Gasteiger partial charge in [0.15, 0.2) is 5.96 Å². The summed E-state index contributed by atoms with van der Waals surface area (Å²) in [6.45, 7) is 1.91. The van der Waals surface area contributed by atoms with E-state index in [1.165, 1.54) is 0 Å². The van der Waals surface area contributed by atoms with Crippen LogP contribution < -0.4 is 10.6 Å². The van der Waals surface area contributed by atoms with Crippen LogP contribution in [0.2, 0.25) is 0 Å². The lowest BCUT2D eigenvalue weighted by Gasteiger charge is -2.11. The molecule has 2 aromatic carbocycles. The molecule has 0 heterocycles. The molecule has 3 heteroatoms. The van der Waals surface area contributed by atoms with Gasteiger partial charge in [0.05, 0.1) is 6.54 Å². The fourth-order valence-corrected chi connectivity index (χ4v) is 1.52. The van der Waals surface area contributed by atoms with Gasteiger partial charge in [-0.05, 0) is 17.7 Å². The molecule has 2 N–H and O–H groups in total. The molecule has 0 amide bonds. The maximum absolute atomic E-state index is 4.16. The number of hydrogen-bond acceptors (Lipinski definition) is 1. The molecule has 91 valence electrons. The van der Waals surface area contributed by atoms with E-state index in [1.54, 1.807) is 7.05 Å². The molecule has 2 rings (SSSR count). The molecule has 0 bridgehead atoms. The second-order valence-corrected chi connectivity index (χ2v) is 3.76. The van der Waals surface area contributed by atoms with E-state index in [9.17, 15) is 0 Å². The molecule has 0 spiro atoms. The Morgan fingerprint density at radius 3 is 2.17 bits per heavy atom. The molecule has 2 aromatic rings. The van der Waals surface area contributed by atoms with E-state index in [4.69, 9.17) is 0 Å². The number of guanidine groups is 1. The van der Waals surface area contributed by atoms with E-state index in [-0.39, 0.29) is 0 Å². The van der Waals surface area contributed by atoms with Crippen LogP contribution >= 0.6 is 0 Å². The topological polar surface area (TPSA) is 36.4 Å². The zero-order valence-corrected chi connectivity index (χ0v) is 10.3. The van der Waals surface area contributed by atoms with Crippen LogP contribution in [0.25, 0.3) is 0 Å². The molecule has 18 heavy (non-hydrogen) atoms. The molecule has 0 aliphatic rings. The Balaban J connectivity index is 1.91. The quantitative estimate of drug-likeness (QED) is 0.637. The van der Waals surface area contributed by atoms with Gasteiger partial charge in [-0.25, -0.2) is 0 Å². The average molecular weight is 238 g/mol. The highest BCUT2D eigenvalue weighted by molar-refractivity contribution is 5.94. The number of nitrogens with one attached hydrogen (secondary N) is 2. The van der Waals surface area contributed by atoms with Crippen molar-refractivity contribution >= 4 is 11.6 Å². The zero-order chi connectivity index (χ0) is 12.6. The summed E-state index contributed by atoms with van der Waals surface area (Å²) in [5, 5.41) is 6.35. The predicted octanol–water partition coefficient (Wildman–Crippen LogP) is 2.88. The fraction of sp³-hybridized carbons (Fsp3) is 0.0667. The first-order chi connectivity index (χ1) is 8.88. The predicted molar refractivity (Wildman–Crippen MR) is 76.4 cm³/mol. The van der Waals surface area contributed by atoms with Crippen LogP contribution in [-0.2, 0) is 0 Å². The summed E-state index contributed by atoms with van der Waals surface area (Å²) in [4.78, 5) is 4.16. The van der Waals surface area contributed by atoms with E-state index in [1.807, 2.05) is 67.2 Å². The van der Waals surface area contributed by atoms with Crippen molar-refractivity contribution in [2.24, 2.45) is 4.99 Å². The fourth-order valence-electron chi connectivity index (χ4n) is 1.52. The maximum Gasteiger partial charge on any atom is 0.196 e. The highest BCUT2D eigenvalue weighted by Gasteiger charge is 1.98. The third-order valence-electron chi connectivity index (χ3n) is 2.44. The standard InChI is InChI=1S/C15H16N3/c1-16-15(18-14-10-6-3-7-11-14)17-12-13-8-4-2-5-9-13/h2-12H,1H3,(H2,16,17,18). The maximum atomic E-state index is 4.16. The van der Waals surface area contributed by atoms with Crippen molar-refractivity contribution in [2.75, 3.05) is 12.4 Å². The number of para-hydroxylation sites is 1. The van der Waals surface area contributed by atoms with Crippen molar-refractivity contribution < 1.29 is 0 Å². The summed E-state index contributed by atoms with van der Waals surface area (Å²) in [5.41, 5.74) is 2.11. The number of hydrogen-bond donors (Lipinski definition) is 2. The third kappa shape index (κ3) is 3.63. The molecule has 1 radical (unpaired) electrons. The van der Waals surface area contributed by atoms with Crippen molar-refractivity contribution in [1.29, 1.82) is 0 Å². The smallest absolute Gasteiger partial charge is 0.196 e. The molecule has 0 fully saturated rings. The number of anilines is 1. The van der Waals surface area contributed by atoms with Gasteiger partial charge in [0.25, 0.3) is 0 Å². The van der Waals surface area contributed by atoms with Crippen LogP contribution in [0, 0.1) is 6.54 Å². The highest BCUT2D eigenvalue weighted by atomic mass is 15.2. The normalized spacial score (nSPS) is 11.1. The van der Waals surface area contributed by atoms with Gasteiger partial charge >= 0.3 is 0 Å². The number of nitrogens with zero attached hydrogens (tertiary/aromatic N) is 1. The molecule has 0 aliphatic carbocycles. The van der Waals surface area contributed by atoms with Crippen LogP contribution in [0.1, 0.15) is 5.56 Å². The van der Waals surface area contributed by atoms with Gasteiger partial charge in [0, 0.05) is 12.7 Å². The Bertz CT molecular complexity index is 492. The lowest BCUT2D eigenvalue weighted by atomic mass is 10.2. The Morgan fingerprint density at radius 1 is 0.944 bits per heavy atom. The molecule has 0 saturated carbocycles.